The van der Waals surface area contributed by atoms with Crippen LogP contribution in [0.1, 0.15) is 22.7 Å². The fourth-order valence-corrected chi connectivity index (χ4v) is 3.24. The number of hydrogen-bond acceptors (Lipinski definition) is 5. The summed E-state index contributed by atoms with van der Waals surface area (Å²) >= 11 is 0. The second kappa shape index (κ2) is 11.4. The first-order valence-corrected chi connectivity index (χ1v) is 10.1. The minimum atomic E-state index is -0.638. The summed E-state index contributed by atoms with van der Waals surface area (Å²) in [5.74, 6) is 0.0185. The maximum Gasteiger partial charge on any atom is 0.331 e. The lowest BCUT2D eigenvalue weighted by Gasteiger charge is -2.19. The van der Waals surface area contributed by atoms with E-state index < -0.39 is 18.5 Å². The summed E-state index contributed by atoms with van der Waals surface area (Å²) in [6, 6.07) is 24.2. The Labute approximate surface area is 187 Å². The van der Waals surface area contributed by atoms with Crippen LogP contribution in [0.5, 0.6) is 11.5 Å². The van der Waals surface area contributed by atoms with Crippen LogP contribution in [0.15, 0.2) is 84.9 Å². The van der Waals surface area contributed by atoms with Crippen molar-refractivity contribution in [1.29, 1.82) is 0 Å². The highest BCUT2D eigenvalue weighted by Crippen LogP contribution is 2.31. The van der Waals surface area contributed by atoms with Crippen molar-refractivity contribution >= 4 is 18.0 Å². The predicted molar refractivity (Wildman–Crippen MR) is 122 cm³/mol. The number of hydrogen-bond donors (Lipinski definition) is 1. The van der Waals surface area contributed by atoms with E-state index in [1.54, 1.807) is 24.3 Å². The van der Waals surface area contributed by atoms with Crippen molar-refractivity contribution in [3.8, 4) is 11.5 Å². The van der Waals surface area contributed by atoms with Crippen LogP contribution >= 0.6 is 0 Å². The third-order valence-electron chi connectivity index (χ3n) is 4.75. The number of nitrogens with one attached hydrogen (secondary N) is 1. The number of ether oxygens (including phenoxy) is 3. The van der Waals surface area contributed by atoms with Gasteiger partial charge in [-0.3, -0.25) is 4.79 Å². The molecule has 0 spiro atoms. The highest BCUT2D eigenvalue weighted by Gasteiger charge is 2.17. The van der Waals surface area contributed by atoms with E-state index in [0.29, 0.717) is 17.1 Å². The first-order chi connectivity index (χ1) is 15.6. The van der Waals surface area contributed by atoms with Gasteiger partial charge in [0, 0.05) is 11.6 Å². The van der Waals surface area contributed by atoms with E-state index in [0.717, 1.165) is 11.1 Å². The first-order valence-electron chi connectivity index (χ1n) is 10.1. The second-order valence-corrected chi connectivity index (χ2v) is 6.85. The quantitative estimate of drug-likeness (QED) is 0.407. The van der Waals surface area contributed by atoms with Gasteiger partial charge in [0.2, 0.25) is 0 Å². The molecule has 0 aliphatic heterocycles. The highest BCUT2D eigenvalue weighted by molar-refractivity contribution is 5.90. The van der Waals surface area contributed by atoms with Crippen molar-refractivity contribution < 1.29 is 23.8 Å². The number of para-hydroxylation sites is 1. The van der Waals surface area contributed by atoms with Gasteiger partial charge in [0.05, 0.1) is 20.3 Å². The lowest BCUT2D eigenvalue weighted by molar-refractivity contribution is -0.143. The first kappa shape index (κ1) is 22.6. The number of esters is 1. The zero-order valence-electron chi connectivity index (χ0n) is 18.0. The Morgan fingerprint density at radius 1 is 0.844 bits per heavy atom. The molecule has 0 aliphatic carbocycles. The number of carbonyl (C=O) groups is 2. The van der Waals surface area contributed by atoms with E-state index in [1.165, 1.54) is 20.3 Å². The second-order valence-electron chi connectivity index (χ2n) is 6.85. The van der Waals surface area contributed by atoms with Crippen molar-refractivity contribution in [1.82, 2.24) is 5.32 Å². The van der Waals surface area contributed by atoms with Crippen LogP contribution in [-0.4, -0.2) is 32.7 Å². The summed E-state index contributed by atoms with van der Waals surface area (Å²) < 4.78 is 15.7. The molecule has 3 rings (SSSR count). The highest BCUT2D eigenvalue weighted by atomic mass is 16.5. The monoisotopic (exact) mass is 431 g/mol. The van der Waals surface area contributed by atoms with Crippen molar-refractivity contribution in [2.24, 2.45) is 0 Å². The molecule has 0 bridgehead atoms. The number of benzene rings is 3. The fraction of sp³-hybridized carbons (Fsp3) is 0.154. The summed E-state index contributed by atoms with van der Waals surface area (Å²) in [5, 5.41) is 2.94. The van der Waals surface area contributed by atoms with Crippen molar-refractivity contribution in [2.75, 3.05) is 20.8 Å². The van der Waals surface area contributed by atoms with Gasteiger partial charge in [-0.2, -0.15) is 0 Å². The van der Waals surface area contributed by atoms with E-state index in [-0.39, 0.29) is 6.04 Å². The maximum atomic E-state index is 12.5. The Bertz CT molecular complexity index is 1020. The summed E-state index contributed by atoms with van der Waals surface area (Å²) in [4.78, 5) is 24.7. The molecule has 164 valence electrons. The molecule has 1 amide bonds. The Balaban J connectivity index is 1.62. The zero-order chi connectivity index (χ0) is 22.8. The Morgan fingerprint density at radius 2 is 1.47 bits per heavy atom. The van der Waals surface area contributed by atoms with Gasteiger partial charge in [0.1, 0.15) is 0 Å². The molecule has 0 saturated heterocycles. The SMILES string of the molecule is COc1cccc(/C=C/C(=O)OCC(=O)NC(c2ccccc2)c2ccccc2)c1OC. The largest absolute Gasteiger partial charge is 0.493 e. The summed E-state index contributed by atoms with van der Waals surface area (Å²) in [5.41, 5.74) is 2.52. The Kier molecular flexibility index (Phi) is 8.03. The normalized spacial score (nSPS) is 10.7. The zero-order valence-corrected chi connectivity index (χ0v) is 18.0. The van der Waals surface area contributed by atoms with Crippen LogP contribution < -0.4 is 14.8 Å². The summed E-state index contributed by atoms with van der Waals surface area (Å²) in [6.45, 7) is -0.394. The van der Waals surface area contributed by atoms with Gasteiger partial charge in [0.25, 0.3) is 5.91 Å². The Hall–Kier alpha value is -4.06. The molecular formula is C26H25NO5. The molecule has 0 saturated carbocycles. The Morgan fingerprint density at radius 3 is 2.03 bits per heavy atom. The van der Waals surface area contributed by atoms with E-state index >= 15 is 0 Å². The van der Waals surface area contributed by atoms with Gasteiger partial charge in [0.15, 0.2) is 18.1 Å². The number of carbonyl (C=O) groups excluding carboxylic acids is 2. The standard InChI is InChI=1S/C26H25NO5/c1-30-22-15-9-14-21(26(22)31-2)16-17-24(29)32-18-23(28)27-25(19-10-5-3-6-11-19)20-12-7-4-8-13-20/h3-17,25H,18H2,1-2H3,(H,27,28)/b17-16+. The minimum Gasteiger partial charge on any atom is -0.493 e. The van der Waals surface area contributed by atoms with Crippen LogP contribution in [0.2, 0.25) is 0 Å². The topological polar surface area (TPSA) is 73.9 Å². The lowest BCUT2D eigenvalue weighted by Crippen LogP contribution is -2.32. The molecule has 0 aromatic heterocycles. The van der Waals surface area contributed by atoms with Gasteiger partial charge in [-0.1, -0.05) is 72.8 Å². The van der Waals surface area contributed by atoms with Gasteiger partial charge in [-0.05, 0) is 23.3 Å². The average molecular weight is 431 g/mol. The molecule has 32 heavy (non-hydrogen) atoms. The van der Waals surface area contributed by atoms with Gasteiger partial charge < -0.3 is 19.5 Å². The molecular weight excluding hydrogens is 406 g/mol. The van der Waals surface area contributed by atoms with E-state index in [4.69, 9.17) is 14.2 Å². The number of rotatable bonds is 9. The van der Waals surface area contributed by atoms with Crippen LogP contribution in [-0.2, 0) is 14.3 Å². The maximum absolute atomic E-state index is 12.5. The number of amides is 1. The lowest BCUT2D eigenvalue weighted by atomic mass is 9.99. The predicted octanol–water partition coefficient (Wildman–Crippen LogP) is 4.17. The smallest absolute Gasteiger partial charge is 0.331 e. The molecule has 0 atom stereocenters. The average Bonchev–Trinajstić information content (AvgIpc) is 2.85. The molecule has 3 aromatic rings. The van der Waals surface area contributed by atoms with E-state index in [1.807, 2.05) is 60.7 Å². The molecule has 0 unspecified atom stereocenters. The molecule has 3 aromatic carbocycles. The van der Waals surface area contributed by atoms with Crippen LogP contribution in [0, 0.1) is 0 Å². The minimum absolute atomic E-state index is 0.347. The van der Waals surface area contributed by atoms with E-state index in [9.17, 15) is 9.59 Å². The van der Waals surface area contributed by atoms with Crippen LogP contribution in [0.4, 0.5) is 0 Å². The summed E-state index contributed by atoms with van der Waals surface area (Å²) in [6.07, 6.45) is 2.80. The van der Waals surface area contributed by atoms with Crippen LogP contribution in [0.3, 0.4) is 0 Å². The van der Waals surface area contributed by atoms with E-state index in [2.05, 4.69) is 5.32 Å². The van der Waals surface area contributed by atoms with Crippen molar-refractivity contribution in [3.63, 3.8) is 0 Å². The van der Waals surface area contributed by atoms with Gasteiger partial charge >= 0.3 is 5.97 Å². The fourth-order valence-electron chi connectivity index (χ4n) is 3.24. The molecule has 0 aliphatic rings. The molecule has 0 radical (unpaired) electrons. The molecule has 6 nitrogen and oxygen atoms in total. The van der Waals surface area contributed by atoms with Gasteiger partial charge in [-0.15, -0.1) is 0 Å². The van der Waals surface area contributed by atoms with Crippen molar-refractivity contribution in [2.45, 2.75) is 6.04 Å². The molecule has 0 heterocycles. The molecule has 1 N–H and O–H groups in total. The van der Waals surface area contributed by atoms with Crippen LogP contribution in [0.25, 0.3) is 6.08 Å². The number of methoxy groups -OCH3 is 2. The van der Waals surface area contributed by atoms with Gasteiger partial charge in [-0.25, -0.2) is 4.79 Å². The summed E-state index contributed by atoms with van der Waals surface area (Å²) in [7, 11) is 3.06. The van der Waals surface area contributed by atoms with Crippen molar-refractivity contribution in [3.05, 3.63) is 102 Å². The molecule has 6 heteroatoms. The third-order valence-corrected chi connectivity index (χ3v) is 4.75. The molecule has 0 fully saturated rings. The third kappa shape index (κ3) is 5.98.